The second-order valence-electron chi connectivity index (χ2n) is 5.78. The van der Waals surface area contributed by atoms with Gasteiger partial charge in [0.1, 0.15) is 36.6 Å². The van der Waals surface area contributed by atoms with E-state index in [0.717, 1.165) is 0 Å². The van der Waals surface area contributed by atoms with Crippen LogP contribution in [0.2, 0.25) is 0 Å². The highest BCUT2D eigenvalue weighted by Gasteiger charge is 2.43. The molecule has 0 aromatic carbocycles. The van der Waals surface area contributed by atoms with Crippen LogP contribution in [0.25, 0.3) is 0 Å². The molecule has 0 saturated carbocycles. The summed E-state index contributed by atoms with van der Waals surface area (Å²) in [6, 6.07) is -1.04. The van der Waals surface area contributed by atoms with Gasteiger partial charge in [-0.2, -0.15) is 0 Å². The highest BCUT2D eigenvalue weighted by atomic mass is 16.7. The summed E-state index contributed by atoms with van der Waals surface area (Å²) in [6.45, 7) is 0.671. The highest BCUT2D eigenvalue weighted by Crippen LogP contribution is 2.20. The van der Waals surface area contributed by atoms with E-state index < -0.39 is 73.6 Å². The number of aliphatic carboxylic acids is 1. The SMILES string of the molecule is CC(=O)OC1O[C@H](CO)[C@@H](O)[C@H](O)[C@H]1N.O=CC(O)C(O)C(O)C(O)C(=O)O. The number of ether oxygens (including phenoxy) is 2. The third-order valence-electron chi connectivity index (χ3n) is 3.63. The van der Waals surface area contributed by atoms with Gasteiger partial charge in [-0.15, -0.1) is 0 Å². The predicted molar refractivity (Wildman–Crippen MR) is 85.2 cm³/mol. The molecule has 0 aromatic heterocycles. The van der Waals surface area contributed by atoms with Gasteiger partial charge in [0.25, 0.3) is 0 Å². The smallest absolute Gasteiger partial charge is 0.335 e. The van der Waals surface area contributed by atoms with Crippen molar-refractivity contribution in [3.8, 4) is 0 Å². The Hall–Kier alpha value is -1.75. The van der Waals surface area contributed by atoms with Crippen molar-refractivity contribution in [2.75, 3.05) is 6.61 Å². The van der Waals surface area contributed by atoms with Gasteiger partial charge in [-0.05, 0) is 0 Å². The molecule has 0 spiro atoms. The summed E-state index contributed by atoms with van der Waals surface area (Å²) < 4.78 is 9.70. The minimum absolute atomic E-state index is 0.0809. The Morgan fingerprint density at radius 2 is 1.68 bits per heavy atom. The van der Waals surface area contributed by atoms with E-state index in [9.17, 15) is 24.6 Å². The van der Waals surface area contributed by atoms with Crippen LogP contribution in [-0.4, -0.2) is 121 Å². The predicted octanol–water partition coefficient (Wildman–Crippen LogP) is -5.97. The molecule has 10 N–H and O–H groups in total. The van der Waals surface area contributed by atoms with Crippen LogP contribution in [0.4, 0.5) is 0 Å². The standard InChI is InChI=1S/C8H15NO6.C6H10O7/c1-3(11)14-8-5(9)7(13)6(12)4(2-10)15-8;7-1-2(8)3(9)4(10)5(11)6(12)13/h4-8,10,12-13H,2,9H2,1H3;1-5,8-11H,(H,12,13)/t4-,5-,6-,7-,8?;/m1./s1. The molecule has 0 bridgehead atoms. The molecule has 0 aliphatic carbocycles. The molecule has 1 fully saturated rings. The topological polar surface area (TPSA) is 258 Å². The molecule has 1 heterocycles. The van der Waals surface area contributed by atoms with Crippen LogP contribution in [-0.2, 0) is 23.9 Å². The van der Waals surface area contributed by atoms with Crippen LogP contribution in [0.5, 0.6) is 0 Å². The molecule has 1 saturated heterocycles. The summed E-state index contributed by atoms with van der Waals surface area (Å²) in [5.41, 5.74) is 5.48. The Labute approximate surface area is 158 Å². The van der Waals surface area contributed by atoms with Gasteiger partial charge in [0.2, 0.25) is 6.29 Å². The zero-order valence-electron chi connectivity index (χ0n) is 14.7. The Kier molecular flexibility index (Phi) is 11.2. The normalized spacial score (nSPS) is 31.4. The van der Waals surface area contributed by atoms with Crippen LogP contribution >= 0.6 is 0 Å². The lowest BCUT2D eigenvalue weighted by atomic mass is 9.98. The van der Waals surface area contributed by atoms with E-state index in [1.807, 2.05) is 0 Å². The largest absolute Gasteiger partial charge is 0.479 e. The Balaban J connectivity index is 0.000000528. The molecule has 1 rings (SSSR count). The maximum absolute atomic E-state index is 10.7. The van der Waals surface area contributed by atoms with Gasteiger partial charge in [-0.25, -0.2) is 4.79 Å². The Morgan fingerprint density at radius 3 is 2.07 bits per heavy atom. The lowest BCUT2D eigenvalue weighted by Gasteiger charge is -2.39. The molecule has 0 aromatic rings. The van der Waals surface area contributed by atoms with Gasteiger partial charge in [0.05, 0.1) is 12.6 Å². The van der Waals surface area contributed by atoms with Crippen molar-refractivity contribution in [2.45, 2.75) is 62.0 Å². The van der Waals surface area contributed by atoms with E-state index in [1.165, 1.54) is 6.92 Å². The molecule has 5 unspecified atom stereocenters. The summed E-state index contributed by atoms with van der Waals surface area (Å²) in [6.07, 6.45) is -13.2. The van der Waals surface area contributed by atoms with Crippen molar-refractivity contribution < 1.29 is 64.7 Å². The van der Waals surface area contributed by atoms with Crippen LogP contribution in [0, 0.1) is 0 Å². The Bertz CT molecular complexity index is 515. The van der Waals surface area contributed by atoms with Gasteiger partial charge >= 0.3 is 11.9 Å². The van der Waals surface area contributed by atoms with Crippen LogP contribution in [0.1, 0.15) is 6.92 Å². The van der Waals surface area contributed by atoms with Gasteiger partial charge in [0.15, 0.2) is 12.4 Å². The molecule has 0 amide bonds. The molecule has 1 aliphatic heterocycles. The van der Waals surface area contributed by atoms with E-state index >= 15 is 0 Å². The number of esters is 1. The third kappa shape index (κ3) is 7.34. The van der Waals surface area contributed by atoms with Crippen molar-refractivity contribution in [1.82, 2.24) is 0 Å². The molecule has 1 aliphatic rings. The number of carboxylic acids is 1. The fourth-order valence-electron chi connectivity index (χ4n) is 1.99. The summed E-state index contributed by atoms with van der Waals surface area (Å²) in [7, 11) is 0. The zero-order chi connectivity index (χ0) is 22.2. The second kappa shape index (κ2) is 11.9. The fourth-order valence-corrected chi connectivity index (χ4v) is 1.99. The number of carbonyl (C=O) groups is 3. The maximum Gasteiger partial charge on any atom is 0.335 e. The van der Waals surface area contributed by atoms with E-state index in [4.69, 9.17) is 41.1 Å². The van der Waals surface area contributed by atoms with Crippen LogP contribution < -0.4 is 5.73 Å². The average Bonchev–Trinajstić information content (AvgIpc) is 2.65. The summed E-state index contributed by atoms with van der Waals surface area (Å²) in [5.74, 6) is -2.37. The first-order chi connectivity index (χ1) is 12.9. The number of nitrogens with two attached hydrogens (primary N) is 1. The lowest BCUT2D eigenvalue weighted by molar-refractivity contribution is -0.258. The summed E-state index contributed by atoms with van der Waals surface area (Å²) in [5, 5.41) is 70.9. The quantitative estimate of drug-likeness (QED) is 0.138. The summed E-state index contributed by atoms with van der Waals surface area (Å²) >= 11 is 0. The van der Waals surface area contributed by atoms with Crippen molar-refractivity contribution >= 4 is 18.2 Å². The third-order valence-corrected chi connectivity index (χ3v) is 3.63. The number of hydrogen-bond acceptors (Lipinski definition) is 13. The number of carbonyl (C=O) groups excluding carboxylic acids is 2. The molecular weight excluding hydrogens is 390 g/mol. The van der Waals surface area contributed by atoms with E-state index in [2.05, 4.69) is 4.74 Å². The molecule has 9 atom stereocenters. The van der Waals surface area contributed by atoms with Gasteiger partial charge in [-0.3, -0.25) is 4.79 Å². The number of carboxylic acid groups (broad SMARTS) is 1. The first-order valence-corrected chi connectivity index (χ1v) is 7.84. The van der Waals surface area contributed by atoms with Crippen molar-refractivity contribution in [2.24, 2.45) is 5.73 Å². The second-order valence-corrected chi connectivity index (χ2v) is 5.78. The van der Waals surface area contributed by atoms with Gasteiger partial charge in [-0.1, -0.05) is 0 Å². The van der Waals surface area contributed by atoms with Crippen LogP contribution in [0.3, 0.4) is 0 Å². The Morgan fingerprint density at radius 1 is 1.14 bits per heavy atom. The molecule has 14 nitrogen and oxygen atoms in total. The van der Waals surface area contributed by atoms with Crippen LogP contribution in [0.15, 0.2) is 0 Å². The minimum atomic E-state index is -2.25. The summed E-state index contributed by atoms with van der Waals surface area (Å²) in [4.78, 5) is 30.6. The van der Waals surface area contributed by atoms with Crippen molar-refractivity contribution in [3.63, 3.8) is 0 Å². The fraction of sp³-hybridized carbons (Fsp3) is 0.786. The monoisotopic (exact) mass is 415 g/mol. The number of aliphatic hydroxyl groups is 7. The number of aliphatic hydroxyl groups excluding tert-OH is 7. The number of aldehydes is 1. The van der Waals surface area contributed by atoms with Crippen molar-refractivity contribution in [3.05, 3.63) is 0 Å². The zero-order valence-corrected chi connectivity index (χ0v) is 14.7. The highest BCUT2D eigenvalue weighted by molar-refractivity contribution is 5.73. The van der Waals surface area contributed by atoms with E-state index in [-0.39, 0.29) is 6.29 Å². The molecule has 14 heteroatoms. The molecule has 28 heavy (non-hydrogen) atoms. The number of rotatable bonds is 7. The average molecular weight is 415 g/mol. The van der Waals surface area contributed by atoms with Gasteiger partial charge < -0.3 is 60.9 Å². The van der Waals surface area contributed by atoms with E-state index in [1.54, 1.807) is 0 Å². The van der Waals surface area contributed by atoms with Gasteiger partial charge in [0, 0.05) is 6.92 Å². The van der Waals surface area contributed by atoms with Crippen molar-refractivity contribution in [1.29, 1.82) is 0 Å². The number of hydrogen-bond donors (Lipinski definition) is 9. The lowest BCUT2D eigenvalue weighted by Crippen LogP contribution is -2.62. The first kappa shape index (κ1) is 26.2. The minimum Gasteiger partial charge on any atom is -0.479 e. The van der Waals surface area contributed by atoms with E-state index in [0.29, 0.717) is 0 Å². The maximum atomic E-state index is 10.7. The molecular formula is C14H25NO13. The molecule has 0 radical (unpaired) electrons. The molecule has 164 valence electrons. The first-order valence-electron chi connectivity index (χ1n) is 7.84.